The summed E-state index contributed by atoms with van der Waals surface area (Å²) in [5.41, 5.74) is 3.39. The highest BCUT2D eigenvalue weighted by molar-refractivity contribution is 5.94. The van der Waals surface area contributed by atoms with Crippen molar-refractivity contribution in [2.45, 2.75) is 38.8 Å². The van der Waals surface area contributed by atoms with E-state index in [1.807, 2.05) is 12.1 Å². The van der Waals surface area contributed by atoms with Crippen LogP contribution < -0.4 is 10.6 Å². The van der Waals surface area contributed by atoms with E-state index in [4.69, 9.17) is 0 Å². The van der Waals surface area contributed by atoms with Crippen molar-refractivity contribution >= 4 is 11.6 Å². The van der Waals surface area contributed by atoms with E-state index in [9.17, 15) is 9.18 Å². The molecule has 0 saturated carbocycles. The number of amides is 1. The molecule has 0 unspecified atom stereocenters. The summed E-state index contributed by atoms with van der Waals surface area (Å²) in [6.07, 6.45) is 1.03. The monoisotopic (exact) mass is 369 g/mol. The fourth-order valence-electron chi connectivity index (χ4n) is 3.80. The Morgan fingerprint density at radius 3 is 2.81 bits per heavy atom. The van der Waals surface area contributed by atoms with Crippen molar-refractivity contribution in [2.24, 2.45) is 0 Å². The van der Waals surface area contributed by atoms with E-state index in [0.717, 1.165) is 37.4 Å². The number of aromatic nitrogens is 2. The van der Waals surface area contributed by atoms with Crippen LogP contribution in [0.15, 0.2) is 24.3 Å². The van der Waals surface area contributed by atoms with Gasteiger partial charge in [-0.2, -0.15) is 10.2 Å². The SMILES string of the molecule is CC1(C)CN(Cc2ccc(-c3cc4c(cc3F)NC(=O)CC4)nn2)CCN1. The molecule has 1 fully saturated rings. The molecule has 0 radical (unpaired) electrons. The molecule has 2 aromatic rings. The van der Waals surface area contributed by atoms with Gasteiger partial charge in [0.1, 0.15) is 5.82 Å². The van der Waals surface area contributed by atoms with Crippen LogP contribution in [-0.2, 0) is 17.8 Å². The molecule has 27 heavy (non-hydrogen) atoms. The van der Waals surface area contributed by atoms with Crippen LogP contribution in [0.2, 0.25) is 0 Å². The van der Waals surface area contributed by atoms with Gasteiger partial charge in [0.2, 0.25) is 5.91 Å². The van der Waals surface area contributed by atoms with E-state index in [2.05, 4.69) is 39.6 Å². The van der Waals surface area contributed by atoms with Crippen LogP contribution in [-0.4, -0.2) is 46.2 Å². The summed E-state index contributed by atoms with van der Waals surface area (Å²) in [6, 6.07) is 6.88. The lowest BCUT2D eigenvalue weighted by Crippen LogP contribution is -2.56. The van der Waals surface area contributed by atoms with Gasteiger partial charge in [-0.3, -0.25) is 9.69 Å². The number of nitrogens with zero attached hydrogens (tertiary/aromatic N) is 3. The zero-order valence-corrected chi connectivity index (χ0v) is 15.7. The van der Waals surface area contributed by atoms with E-state index in [1.54, 1.807) is 6.07 Å². The van der Waals surface area contributed by atoms with Crippen LogP contribution in [0.3, 0.4) is 0 Å². The van der Waals surface area contributed by atoms with E-state index in [0.29, 0.717) is 29.8 Å². The summed E-state index contributed by atoms with van der Waals surface area (Å²) in [4.78, 5) is 13.8. The predicted octanol–water partition coefficient (Wildman–Crippen LogP) is 2.35. The molecule has 1 saturated heterocycles. The zero-order chi connectivity index (χ0) is 19.0. The van der Waals surface area contributed by atoms with Crippen molar-refractivity contribution in [2.75, 3.05) is 25.0 Å². The molecular weight excluding hydrogens is 345 g/mol. The Morgan fingerprint density at radius 2 is 2.07 bits per heavy atom. The van der Waals surface area contributed by atoms with Gasteiger partial charge in [0.15, 0.2) is 0 Å². The van der Waals surface area contributed by atoms with Gasteiger partial charge in [-0.1, -0.05) is 0 Å². The molecule has 3 heterocycles. The molecule has 0 atom stereocenters. The number of anilines is 1. The van der Waals surface area contributed by atoms with Crippen molar-refractivity contribution in [3.8, 4) is 11.3 Å². The molecule has 2 aliphatic rings. The standard InChI is InChI=1S/C20H24FN5O/c1-20(2)12-26(8-7-22-20)11-14-4-5-17(25-24-14)15-9-13-3-6-19(27)23-18(13)10-16(15)21/h4-5,9-10,22H,3,6-8,11-12H2,1-2H3,(H,23,27). The Labute approximate surface area is 158 Å². The van der Waals surface area contributed by atoms with Gasteiger partial charge in [0, 0.05) is 49.4 Å². The van der Waals surface area contributed by atoms with Crippen molar-refractivity contribution < 1.29 is 9.18 Å². The summed E-state index contributed by atoms with van der Waals surface area (Å²) in [7, 11) is 0. The van der Waals surface area contributed by atoms with Gasteiger partial charge in [-0.25, -0.2) is 4.39 Å². The summed E-state index contributed by atoms with van der Waals surface area (Å²) in [6.45, 7) is 7.98. The minimum absolute atomic E-state index is 0.0742. The molecule has 2 aliphatic heterocycles. The number of hydrogen-bond acceptors (Lipinski definition) is 5. The average molecular weight is 369 g/mol. The highest BCUT2D eigenvalue weighted by Crippen LogP contribution is 2.30. The Hall–Kier alpha value is -2.38. The summed E-state index contributed by atoms with van der Waals surface area (Å²) < 4.78 is 14.5. The lowest BCUT2D eigenvalue weighted by atomic mass is 9.98. The Bertz CT molecular complexity index is 865. The van der Waals surface area contributed by atoms with Crippen molar-refractivity contribution in [3.63, 3.8) is 0 Å². The van der Waals surface area contributed by atoms with Crippen LogP contribution in [0, 0.1) is 5.82 Å². The number of carbonyl (C=O) groups is 1. The van der Waals surface area contributed by atoms with E-state index < -0.39 is 5.82 Å². The molecule has 2 N–H and O–H groups in total. The summed E-state index contributed by atoms with van der Waals surface area (Å²) >= 11 is 0. The third-order valence-corrected chi connectivity index (χ3v) is 5.12. The number of carbonyl (C=O) groups excluding carboxylic acids is 1. The van der Waals surface area contributed by atoms with Crippen LogP contribution in [0.5, 0.6) is 0 Å². The molecule has 4 rings (SSSR count). The van der Waals surface area contributed by atoms with Gasteiger partial charge >= 0.3 is 0 Å². The number of aryl methyl sites for hydroxylation is 1. The third-order valence-electron chi connectivity index (χ3n) is 5.12. The first-order chi connectivity index (χ1) is 12.9. The Kier molecular flexibility index (Phi) is 4.65. The van der Waals surface area contributed by atoms with Gasteiger partial charge in [0.05, 0.1) is 11.4 Å². The first kappa shape index (κ1) is 18.0. The number of halogens is 1. The smallest absolute Gasteiger partial charge is 0.224 e. The fourth-order valence-corrected chi connectivity index (χ4v) is 3.80. The molecule has 0 aliphatic carbocycles. The Balaban J connectivity index is 1.52. The number of rotatable bonds is 3. The van der Waals surface area contributed by atoms with Crippen LogP contribution in [0.1, 0.15) is 31.5 Å². The highest BCUT2D eigenvalue weighted by Gasteiger charge is 2.26. The van der Waals surface area contributed by atoms with Crippen molar-refractivity contribution in [1.29, 1.82) is 0 Å². The highest BCUT2D eigenvalue weighted by atomic mass is 19.1. The fraction of sp³-hybridized carbons (Fsp3) is 0.450. The second-order valence-electron chi connectivity index (χ2n) is 7.97. The van der Waals surface area contributed by atoms with Crippen LogP contribution >= 0.6 is 0 Å². The quantitative estimate of drug-likeness (QED) is 0.869. The normalized spacial score (nSPS) is 19.4. The second kappa shape index (κ2) is 6.98. The number of benzene rings is 1. The van der Waals surface area contributed by atoms with Gasteiger partial charge < -0.3 is 10.6 Å². The molecule has 1 aromatic heterocycles. The zero-order valence-electron chi connectivity index (χ0n) is 15.7. The number of piperazine rings is 1. The summed E-state index contributed by atoms with van der Waals surface area (Å²) in [5, 5.41) is 14.8. The first-order valence-electron chi connectivity index (χ1n) is 9.32. The number of fused-ring (bicyclic) bond motifs is 1. The first-order valence-corrected chi connectivity index (χ1v) is 9.32. The van der Waals surface area contributed by atoms with Crippen LogP contribution in [0.4, 0.5) is 10.1 Å². The molecule has 7 heteroatoms. The second-order valence-corrected chi connectivity index (χ2v) is 7.97. The van der Waals surface area contributed by atoms with Gasteiger partial charge in [0.25, 0.3) is 0 Å². The minimum atomic E-state index is -0.401. The molecule has 1 amide bonds. The minimum Gasteiger partial charge on any atom is -0.326 e. The molecule has 1 aromatic carbocycles. The predicted molar refractivity (Wildman–Crippen MR) is 102 cm³/mol. The number of nitrogens with one attached hydrogen (secondary N) is 2. The maximum Gasteiger partial charge on any atom is 0.224 e. The molecule has 6 nitrogen and oxygen atoms in total. The van der Waals surface area contributed by atoms with E-state index in [-0.39, 0.29) is 11.4 Å². The molecular formula is C20H24FN5O. The maximum absolute atomic E-state index is 14.5. The van der Waals surface area contributed by atoms with Crippen molar-refractivity contribution in [3.05, 3.63) is 41.3 Å². The van der Waals surface area contributed by atoms with Gasteiger partial charge in [-0.05, 0) is 50.1 Å². The Morgan fingerprint density at radius 1 is 1.22 bits per heavy atom. The largest absolute Gasteiger partial charge is 0.326 e. The van der Waals surface area contributed by atoms with Crippen LogP contribution in [0.25, 0.3) is 11.3 Å². The average Bonchev–Trinajstić information content (AvgIpc) is 2.61. The van der Waals surface area contributed by atoms with Crippen molar-refractivity contribution in [1.82, 2.24) is 20.4 Å². The lowest BCUT2D eigenvalue weighted by Gasteiger charge is -2.38. The maximum atomic E-state index is 14.5. The summed E-state index contributed by atoms with van der Waals surface area (Å²) in [5.74, 6) is -0.475. The number of hydrogen-bond donors (Lipinski definition) is 2. The molecule has 142 valence electrons. The van der Waals surface area contributed by atoms with Gasteiger partial charge in [-0.15, -0.1) is 0 Å². The lowest BCUT2D eigenvalue weighted by molar-refractivity contribution is -0.116. The third kappa shape index (κ3) is 3.99. The van der Waals surface area contributed by atoms with E-state index in [1.165, 1.54) is 6.07 Å². The van der Waals surface area contributed by atoms with E-state index >= 15 is 0 Å². The topological polar surface area (TPSA) is 70.2 Å². The molecule has 0 bridgehead atoms. The molecule has 0 spiro atoms.